The molecule has 0 aliphatic carbocycles. The molecule has 2 N–H and O–H groups in total. The summed E-state index contributed by atoms with van der Waals surface area (Å²) in [5.41, 5.74) is 4.59. The van der Waals surface area contributed by atoms with Gasteiger partial charge in [-0.25, -0.2) is 12.7 Å². The molecule has 1 atom stereocenters. The Balaban J connectivity index is 4.92. The average molecular weight is 270 g/mol. The summed E-state index contributed by atoms with van der Waals surface area (Å²) in [5, 5.41) is 0. The largest absolute Gasteiger partial charge is 0.454 e. The van der Waals surface area contributed by atoms with Crippen LogP contribution in [0, 0.1) is 0 Å². The Bertz CT molecular complexity index is 337. The van der Waals surface area contributed by atoms with Crippen LogP contribution in [0.3, 0.4) is 0 Å². The van der Waals surface area contributed by atoms with Gasteiger partial charge >= 0.3 is 12.1 Å². The molecule has 16 heavy (non-hydrogen) atoms. The fourth-order valence-electron chi connectivity index (χ4n) is 0.691. The second kappa shape index (κ2) is 4.41. The summed E-state index contributed by atoms with van der Waals surface area (Å²) in [5.74, 6) is -6.72. The van der Waals surface area contributed by atoms with Gasteiger partial charge in [0, 0.05) is 14.1 Å². The summed E-state index contributed by atoms with van der Waals surface area (Å²) in [6.45, 7) is 0. The van der Waals surface area contributed by atoms with E-state index in [-0.39, 0.29) is 0 Å². The zero-order valence-electron chi connectivity index (χ0n) is 8.42. The summed E-state index contributed by atoms with van der Waals surface area (Å²) in [4.78, 5) is 0. The fraction of sp³-hybridized carbons (Fsp3) is 1.00. The van der Waals surface area contributed by atoms with Gasteiger partial charge in [0.05, 0.1) is 11.8 Å². The Morgan fingerprint density at radius 2 is 1.56 bits per heavy atom. The maximum atomic E-state index is 12.6. The molecule has 4 nitrogen and oxygen atoms in total. The third kappa shape index (κ3) is 3.25. The molecule has 98 valence electrons. The summed E-state index contributed by atoms with van der Waals surface area (Å²) in [6, 6.07) is -2.83. The maximum Gasteiger partial charge on any atom is 0.454 e. The Labute approximate surface area is 89.3 Å². The van der Waals surface area contributed by atoms with Gasteiger partial charge in [-0.05, 0) is 0 Å². The quantitative estimate of drug-likeness (QED) is 0.752. The molecular weight excluding hydrogens is 259 g/mol. The zero-order chi connectivity index (χ0) is 13.4. The minimum absolute atomic E-state index is 0.527. The smallest absolute Gasteiger partial charge is 0.321 e. The van der Waals surface area contributed by atoms with Crippen molar-refractivity contribution in [3.05, 3.63) is 0 Å². The molecule has 0 bridgehead atoms. The first-order valence-electron chi connectivity index (χ1n) is 3.92. The van der Waals surface area contributed by atoms with Gasteiger partial charge in [-0.15, -0.1) is 0 Å². The Morgan fingerprint density at radius 1 is 1.19 bits per heavy atom. The number of nitrogens with zero attached hydrogens (tertiary/aromatic N) is 1. The van der Waals surface area contributed by atoms with Crippen LogP contribution in [0.5, 0.6) is 0 Å². The molecule has 0 radical (unpaired) electrons. The number of sulfonamides is 1. The normalized spacial score (nSPS) is 16.6. The van der Waals surface area contributed by atoms with Crippen LogP contribution in [-0.2, 0) is 10.0 Å². The maximum absolute atomic E-state index is 12.6. The van der Waals surface area contributed by atoms with Crippen LogP contribution in [0.15, 0.2) is 0 Å². The molecule has 0 aliphatic heterocycles. The minimum Gasteiger partial charge on any atom is -0.321 e. The van der Waals surface area contributed by atoms with Gasteiger partial charge in [-0.2, -0.15) is 22.0 Å². The van der Waals surface area contributed by atoms with E-state index in [0.717, 1.165) is 14.1 Å². The van der Waals surface area contributed by atoms with Crippen molar-refractivity contribution in [3.63, 3.8) is 0 Å². The Kier molecular flexibility index (Phi) is 4.28. The van der Waals surface area contributed by atoms with Crippen molar-refractivity contribution >= 4 is 10.0 Å². The highest BCUT2D eigenvalue weighted by molar-refractivity contribution is 7.89. The van der Waals surface area contributed by atoms with Gasteiger partial charge in [0.2, 0.25) is 10.0 Å². The molecule has 0 rings (SSSR count). The van der Waals surface area contributed by atoms with E-state index < -0.39 is 33.9 Å². The first-order chi connectivity index (χ1) is 6.82. The molecule has 0 aliphatic rings. The van der Waals surface area contributed by atoms with E-state index in [4.69, 9.17) is 0 Å². The van der Waals surface area contributed by atoms with Gasteiger partial charge in [-0.3, -0.25) is 0 Å². The van der Waals surface area contributed by atoms with Crippen molar-refractivity contribution in [3.8, 4) is 0 Å². The number of rotatable bonds is 4. The van der Waals surface area contributed by atoms with Crippen LogP contribution in [0.2, 0.25) is 0 Å². The predicted molar refractivity (Wildman–Crippen MR) is 46.5 cm³/mol. The second-order valence-electron chi connectivity index (χ2n) is 3.29. The lowest BCUT2D eigenvalue weighted by Gasteiger charge is -2.26. The first kappa shape index (κ1) is 15.5. The molecule has 0 saturated heterocycles. The molecule has 0 aromatic heterocycles. The summed E-state index contributed by atoms with van der Waals surface area (Å²) < 4.78 is 83.3. The van der Waals surface area contributed by atoms with E-state index in [1.165, 1.54) is 0 Å². The standard InChI is InChI=1S/C6H11F5N2O2S/c1-13(2)16(14,15)3-4(12)5(7,8)6(9,10)11/h4H,3,12H2,1-2H3. The zero-order valence-corrected chi connectivity index (χ0v) is 9.24. The van der Waals surface area contributed by atoms with Crippen LogP contribution in [0.25, 0.3) is 0 Å². The van der Waals surface area contributed by atoms with Gasteiger partial charge < -0.3 is 5.73 Å². The van der Waals surface area contributed by atoms with Gasteiger partial charge in [0.15, 0.2) is 0 Å². The van der Waals surface area contributed by atoms with E-state index in [1.54, 1.807) is 0 Å². The SMILES string of the molecule is CN(C)S(=O)(=O)CC(N)C(F)(F)C(F)(F)F. The lowest BCUT2D eigenvalue weighted by Crippen LogP contribution is -2.55. The molecule has 10 heteroatoms. The molecule has 0 spiro atoms. The van der Waals surface area contributed by atoms with Crippen LogP contribution in [-0.4, -0.2) is 50.7 Å². The summed E-state index contributed by atoms with van der Waals surface area (Å²) >= 11 is 0. The molecular formula is C6H11F5N2O2S. The number of nitrogens with two attached hydrogens (primary N) is 1. The molecule has 0 heterocycles. The van der Waals surface area contributed by atoms with Crippen molar-refractivity contribution in [1.29, 1.82) is 0 Å². The minimum atomic E-state index is -5.87. The highest BCUT2D eigenvalue weighted by atomic mass is 32.2. The monoisotopic (exact) mass is 270 g/mol. The van der Waals surface area contributed by atoms with Gasteiger partial charge in [-0.1, -0.05) is 0 Å². The van der Waals surface area contributed by atoms with Gasteiger partial charge in [0.1, 0.15) is 0 Å². The van der Waals surface area contributed by atoms with Crippen molar-refractivity contribution in [2.75, 3.05) is 19.8 Å². The first-order valence-corrected chi connectivity index (χ1v) is 5.53. The number of hydrogen-bond donors (Lipinski definition) is 1. The van der Waals surface area contributed by atoms with Crippen LogP contribution < -0.4 is 5.73 Å². The third-order valence-electron chi connectivity index (χ3n) is 1.79. The lowest BCUT2D eigenvalue weighted by atomic mass is 10.2. The summed E-state index contributed by atoms with van der Waals surface area (Å²) in [6.07, 6.45) is -5.87. The predicted octanol–water partition coefficient (Wildman–Crippen LogP) is 0.403. The van der Waals surface area contributed by atoms with E-state index >= 15 is 0 Å². The number of hydrogen-bond acceptors (Lipinski definition) is 3. The van der Waals surface area contributed by atoms with Crippen LogP contribution in [0.1, 0.15) is 0 Å². The van der Waals surface area contributed by atoms with E-state index in [0.29, 0.717) is 4.31 Å². The molecule has 0 fully saturated rings. The molecule has 1 unspecified atom stereocenters. The van der Waals surface area contributed by atoms with E-state index in [1.807, 2.05) is 0 Å². The van der Waals surface area contributed by atoms with Crippen molar-refractivity contribution in [1.82, 2.24) is 4.31 Å². The third-order valence-corrected chi connectivity index (χ3v) is 3.68. The van der Waals surface area contributed by atoms with Crippen molar-refractivity contribution in [2.24, 2.45) is 5.73 Å². The van der Waals surface area contributed by atoms with Crippen LogP contribution >= 0.6 is 0 Å². The number of alkyl halides is 5. The highest BCUT2D eigenvalue weighted by Crippen LogP contribution is 2.37. The molecule has 0 saturated carbocycles. The second-order valence-corrected chi connectivity index (χ2v) is 5.52. The highest BCUT2D eigenvalue weighted by Gasteiger charge is 2.62. The summed E-state index contributed by atoms with van der Waals surface area (Å²) in [7, 11) is -2.20. The lowest BCUT2D eigenvalue weighted by molar-refractivity contribution is -0.287. The Hall–Kier alpha value is -0.480. The van der Waals surface area contributed by atoms with E-state index in [2.05, 4.69) is 5.73 Å². The molecule has 0 aromatic carbocycles. The van der Waals surface area contributed by atoms with Crippen molar-refractivity contribution in [2.45, 2.75) is 18.1 Å². The van der Waals surface area contributed by atoms with Crippen LogP contribution in [0.4, 0.5) is 22.0 Å². The average Bonchev–Trinajstić information content (AvgIpc) is 2.00. The molecule has 0 amide bonds. The molecule has 0 aromatic rings. The Morgan fingerprint density at radius 3 is 1.81 bits per heavy atom. The van der Waals surface area contributed by atoms with Crippen molar-refractivity contribution < 1.29 is 30.4 Å². The topological polar surface area (TPSA) is 63.4 Å². The van der Waals surface area contributed by atoms with Gasteiger partial charge in [0.25, 0.3) is 0 Å². The number of halogens is 5. The fourth-order valence-corrected chi connectivity index (χ4v) is 1.65. The van der Waals surface area contributed by atoms with E-state index in [9.17, 15) is 30.4 Å².